The van der Waals surface area contributed by atoms with E-state index in [1.54, 1.807) is 17.0 Å². The fourth-order valence-corrected chi connectivity index (χ4v) is 4.40. The first-order valence-electron chi connectivity index (χ1n) is 11.2. The molecule has 0 N–H and O–H groups in total. The molecule has 4 aromatic rings. The van der Waals surface area contributed by atoms with Gasteiger partial charge in [-0.1, -0.05) is 12.1 Å². The van der Waals surface area contributed by atoms with E-state index in [-0.39, 0.29) is 17.7 Å². The van der Waals surface area contributed by atoms with Gasteiger partial charge in [-0.3, -0.25) is 18.9 Å². The SMILES string of the molecule is CC(=O)OCCCCn1c(Cn2c(=O)n(C3CC3)c3ccncc32)nc2c(C)cccc21. The molecule has 1 aliphatic carbocycles. The molecule has 8 nitrogen and oxygen atoms in total. The van der Waals surface area contributed by atoms with Crippen molar-refractivity contribution in [1.82, 2.24) is 23.7 Å². The van der Waals surface area contributed by atoms with Crippen molar-refractivity contribution in [2.24, 2.45) is 0 Å². The Labute approximate surface area is 185 Å². The van der Waals surface area contributed by atoms with Gasteiger partial charge in [-0.2, -0.15) is 0 Å². The average molecular weight is 434 g/mol. The van der Waals surface area contributed by atoms with Crippen LogP contribution >= 0.6 is 0 Å². The number of carbonyl (C=O) groups is 1. The number of aryl methyl sites for hydroxylation is 2. The molecule has 32 heavy (non-hydrogen) atoms. The Morgan fingerprint density at radius 3 is 2.75 bits per heavy atom. The minimum atomic E-state index is -0.255. The second-order valence-electron chi connectivity index (χ2n) is 8.50. The van der Waals surface area contributed by atoms with Crippen molar-refractivity contribution < 1.29 is 9.53 Å². The van der Waals surface area contributed by atoms with Gasteiger partial charge in [-0.15, -0.1) is 0 Å². The third-order valence-electron chi connectivity index (χ3n) is 6.12. The summed E-state index contributed by atoms with van der Waals surface area (Å²) in [6.45, 7) is 5.02. The standard InChI is InChI=1S/C24H27N5O3/c1-16-6-5-7-20-23(16)26-22(27(20)12-3-4-13-32-17(2)30)15-28-21-14-25-11-10-19(21)29(24(28)31)18-8-9-18/h5-7,10-11,14,18H,3-4,8-9,12-13,15H2,1-2H3. The Morgan fingerprint density at radius 1 is 1.12 bits per heavy atom. The molecule has 0 bridgehead atoms. The van der Waals surface area contributed by atoms with Crippen LogP contribution in [0.15, 0.2) is 41.5 Å². The van der Waals surface area contributed by atoms with E-state index in [0.29, 0.717) is 13.2 Å². The van der Waals surface area contributed by atoms with Gasteiger partial charge >= 0.3 is 11.7 Å². The van der Waals surface area contributed by atoms with E-state index in [9.17, 15) is 9.59 Å². The van der Waals surface area contributed by atoms with Gasteiger partial charge in [0.2, 0.25) is 0 Å². The number of benzene rings is 1. The van der Waals surface area contributed by atoms with Crippen LogP contribution in [-0.4, -0.2) is 36.2 Å². The van der Waals surface area contributed by atoms with Crippen molar-refractivity contribution in [1.29, 1.82) is 0 Å². The lowest BCUT2D eigenvalue weighted by atomic mass is 10.2. The van der Waals surface area contributed by atoms with Crippen LogP contribution in [0.2, 0.25) is 0 Å². The van der Waals surface area contributed by atoms with Gasteiger partial charge < -0.3 is 9.30 Å². The number of nitrogens with zero attached hydrogens (tertiary/aromatic N) is 5. The molecule has 1 fully saturated rings. The summed E-state index contributed by atoms with van der Waals surface area (Å²) in [4.78, 5) is 33.6. The number of ether oxygens (including phenoxy) is 1. The fraction of sp³-hybridized carbons (Fsp3) is 0.417. The van der Waals surface area contributed by atoms with E-state index in [1.165, 1.54) is 6.92 Å². The van der Waals surface area contributed by atoms with Crippen LogP contribution in [0.5, 0.6) is 0 Å². The molecule has 3 aromatic heterocycles. The number of hydrogen-bond donors (Lipinski definition) is 0. The highest BCUT2D eigenvalue weighted by Crippen LogP contribution is 2.36. The Balaban J connectivity index is 1.52. The molecule has 0 atom stereocenters. The zero-order chi connectivity index (χ0) is 22.2. The number of aromatic nitrogens is 5. The Morgan fingerprint density at radius 2 is 1.97 bits per heavy atom. The molecule has 0 unspecified atom stereocenters. The molecule has 1 aliphatic rings. The molecule has 3 heterocycles. The normalized spacial score (nSPS) is 13.8. The van der Waals surface area contributed by atoms with Gasteiger partial charge in [0.05, 0.1) is 41.4 Å². The van der Waals surface area contributed by atoms with E-state index in [2.05, 4.69) is 28.6 Å². The first-order chi connectivity index (χ1) is 15.5. The summed E-state index contributed by atoms with van der Waals surface area (Å²) in [7, 11) is 0. The number of esters is 1. The molecular weight excluding hydrogens is 406 g/mol. The number of carbonyl (C=O) groups excluding carboxylic acids is 1. The van der Waals surface area contributed by atoms with Crippen LogP contribution in [0.3, 0.4) is 0 Å². The predicted molar refractivity (Wildman–Crippen MR) is 122 cm³/mol. The van der Waals surface area contributed by atoms with Gasteiger partial charge in [0.15, 0.2) is 0 Å². The minimum Gasteiger partial charge on any atom is -0.466 e. The summed E-state index contributed by atoms with van der Waals surface area (Å²) in [5.74, 6) is 0.594. The molecule has 8 heteroatoms. The zero-order valence-electron chi connectivity index (χ0n) is 18.5. The van der Waals surface area contributed by atoms with Crippen molar-refractivity contribution in [2.45, 2.75) is 58.7 Å². The van der Waals surface area contributed by atoms with Crippen LogP contribution in [0.25, 0.3) is 22.1 Å². The summed E-state index contributed by atoms with van der Waals surface area (Å²) < 4.78 is 11.0. The highest BCUT2D eigenvalue weighted by Gasteiger charge is 2.29. The zero-order valence-corrected chi connectivity index (χ0v) is 18.5. The predicted octanol–water partition coefficient (Wildman–Crippen LogP) is 3.58. The number of rotatable bonds is 8. The van der Waals surface area contributed by atoms with E-state index < -0.39 is 0 Å². The number of hydrogen-bond acceptors (Lipinski definition) is 5. The highest BCUT2D eigenvalue weighted by atomic mass is 16.5. The molecule has 0 spiro atoms. The monoisotopic (exact) mass is 433 g/mol. The van der Waals surface area contributed by atoms with Gasteiger partial charge in [0.1, 0.15) is 5.82 Å². The molecule has 1 aromatic carbocycles. The van der Waals surface area contributed by atoms with Crippen LogP contribution in [0.1, 0.15) is 50.0 Å². The smallest absolute Gasteiger partial charge is 0.329 e. The van der Waals surface area contributed by atoms with E-state index in [0.717, 1.165) is 65.7 Å². The van der Waals surface area contributed by atoms with Crippen LogP contribution in [-0.2, 0) is 22.6 Å². The van der Waals surface area contributed by atoms with Crippen molar-refractivity contribution in [3.8, 4) is 0 Å². The van der Waals surface area contributed by atoms with Gasteiger partial charge in [0, 0.05) is 25.7 Å². The van der Waals surface area contributed by atoms with Crippen molar-refractivity contribution >= 4 is 28.0 Å². The minimum absolute atomic E-state index is 0.000635. The Kier molecular flexibility index (Phi) is 5.28. The summed E-state index contributed by atoms with van der Waals surface area (Å²) in [5.41, 5.74) is 4.91. The first-order valence-corrected chi connectivity index (χ1v) is 11.2. The first kappa shape index (κ1) is 20.5. The van der Waals surface area contributed by atoms with Gasteiger partial charge in [-0.05, 0) is 50.3 Å². The van der Waals surface area contributed by atoms with Crippen LogP contribution in [0.4, 0.5) is 0 Å². The van der Waals surface area contributed by atoms with Crippen LogP contribution in [0, 0.1) is 6.92 Å². The largest absolute Gasteiger partial charge is 0.466 e. The maximum absolute atomic E-state index is 13.3. The lowest BCUT2D eigenvalue weighted by Gasteiger charge is -2.10. The van der Waals surface area contributed by atoms with Crippen molar-refractivity contribution in [2.75, 3.05) is 6.61 Å². The molecule has 0 aliphatic heterocycles. The number of unbranched alkanes of at least 4 members (excludes halogenated alkanes) is 1. The molecule has 0 saturated heterocycles. The maximum atomic E-state index is 13.3. The molecule has 0 amide bonds. The third-order valence-corrected chi connectivity index (χ3v) is 6.12. The van der Waals surface area contributed by atoms with E-state index >= 15 is 0 Å². The molecule has 0 radical (unpaired) electrons. The van der Waals surface area contributed by atoms with Gasteiger partial charge in [0.25, 0.3) is 0 Å². The van der Waals surface area contributed by atoms with E-state index in [1.807, 2.05) is 16.7 Å². The fourth-order valence-electron chi connectivity index (χ4n) is 4.40. The average Bonchev–Trinajstić information content (AvgIpc) is 3.48. The van der Waals surface area contributed by atoms with Crippen LogP contribution < -0.4 is 5.69 Å². The summed E-state index contributed by atoms with van der Waals surface area (Å²) in [6, 6.07) is 8.37. The second kappa shape index (κ2) is 8.26. The molecular formula is C24H27N5O3. The quantitative estimate of drug-likeness (QED) is 0.313. The lowest BCUT2D eigenvalue weighted by molar-refractivity contribution is -0.141. The maximum Gasteiger partial charge on any atom is 0.329 e. The topological polar surface area (TPSA) is 83.9 Å². The highest BCUT2D eigenvalue weighted by molar-refractivity contribution is 5.80. The summed E-state index contributed by atoms with van der Waals surface area (Å²) in [6.07, 6.45) is 7.22. The molecule has 166 valence electrons. The number of imidazole rings is 2. The van der Waals surface area contributed by atoms with Crippen molar-refractivity contribution in [3.63, 3.8) is 0 Å². The van der Waals surface area contributed by atoms with E-state index in [4.69, 9.17) is 9.72 Å². The number of pyridine rings is 1. The molecule has 1 saturated carbocycles. The molecule has 5 rings (SSSR count). The number of fused-ring (bicyclic) bond motifs is 2. The second-order valence-corrected chi connectivity index (χ2v) is 8.50. The third kappa shape index (κ3) is 3.70. The van der Waals surface area contributed by atoms with Crippen molar-refractivity contribution in [3.05, 3.63) is 58.5 Å². The Bertz CT molecular complexity index is 1360. The number of para-hydroxylation sites is 1. The summed E-state index contributed by atoms with van der Waals surface area (Å²) >= 11 is 0. The Hall–Kier alpha value is -3.42. The summed E-state index contributed by atoms with van der Waals surface area (Å²) in [5, 5.41) is 0. The lowest BCUT2D eigenvalue weighted by Crippen LogP contribution is -2.25. The van der Waals surface area contributed by atoms with Gasteiger partial charge in [-0.25, -0.2) is 9.78 Å².